The van der Waals surface area contributed by atoms with Gasteiger partial charge in [0.25, 0.3) is 9.84 Å². The monoisotopic (exact) mass is 257 g/mol. The number of aliphatic imine (C=N–C) groups is 1. The number of allylic oxidation sites excluding steroid dienone is 1. The van der Waals surface area contributed by atoms with Crippen molar-refractivity contribution >= 4 is 26.7 Å². The SMILES string of the molecule is CC1=CS(=O)(=O)C(Oc2cccc(Cl)c2)=N1. The second kappa shape index (κ2) is 3.92. The van der Waals surface area contributed by atoms with Crippen molar-refractivity contribution in [3.05, 3.63) is 40.4 Å². The molecule has 0 N–H and O–H groups in total. The van der Waals surface area contributed by atoms with Crippen LogP contribution in [0.1, 0.15) is 6.92 Å². The number of rotatable bonds is 1. The second-order valence-electron chi connectivity index (χ2n) is 3.24. The lowest BCUT2D eigenvalue weighted by Crippen LogP contribution is -2.15. The highest BCUT2D eigenvalue weighted by Crippen LogP contribution is 2.21. The van der Waals surface area contributed by atoms with Gasteiger partial charge in [-0.05, 0) is 25.1 Å². The molecule has 0 bridgehead atoms. The van der Waals surface area contributed by atoms with Crippen LogP contribution in [0, 0.1) is 0 Å². The van der Waals surface area contributed by atoms with Gasteiger partial charge in [-0.15, -0.1) is 0 Å². The molecule has 6 heteroatoms. The summed E-state index contributed by atoms with van der Waals surface area (Å²) < 4.78 is 28.2. The third-order valence-corrected chi connectivity index (χ3v) is 3.39. The molecule has 0 aliphatic carbocycles. The molecule has 0 saturated heterocycles. The van der Waals surface area contributed by atoms with Crippen LogP contribution in [0.3, 0.4) is 0 Å². The number of ether oxygens (including phenoxy) is 1. The summed E-state index contributed by atoms with van der Waals surface area (Å²) in [7, 11) is -3.52. The molecule has 1 aromatic carbocycles. The highest BCUT2D eigenvalue weighted by molar-refractivity contribution is 8.08. The maximum Gasteiger partial charge on any atom is 0.319 e. The highest BCUT2D eigenvalue weighted by Gasteiger charge is 2.25. The van der Waals surface area contributed by atoms with Gasteiger partial charge in [0, 0.05) is 5.02 Å². The average Bonchev–Trinajstić information content (AvgIpc) is 2.39. The largest absolute Gasteiger partial charge is 0.430 e. The first kappa shape index (κ1) is 11.2. The van der Waals surface area contributed by atoms with Gasteiger partial charge in [-0.25, -0.2) is 13.4 Å². The molecule has 0 radical (unpaired) electrons. The summed E-state index contributed by atoms with van der Waals surface area (Å²) in [5, 5.41) is 1.22. The lowest BCUT2D eigenvalue weighted by molar-refractivity contribution is 0.549. The first-order valence-corrected chi connectivity index (χ1v) is 6.35. The zero-order valence-corrected chi connectivity index (χ0v) is 9.92. The second-order valence-corrected chi connectivity index (χ2v) is 5.35. The van der Waals surface area contributed by atoms with E-state index in [0.717, 1.165) is 5.41 Å². The molecule has 16 heavy (non-hydrogen) atoms. The van der Waals surface area contributed by atoms with Gasteiger partial charge in [0.2, 0.25) is 0 Å². The molecule has 84 valence electrons. The molecule has 1 heterocycles. The Morgan fingerprint density at radius 2 is 2.12 bits per heavy atom. The maximum atomic E-state index is 11.5. The van der Waals surface area contributed by atoms with Gasteiger partial charge in [0.05, 0.1) is 11.1 Å². The van der Waals surface area contributed by atoms with E-state index >= 15 is 0 Å². The number of benzene rings is 1. The van der Waals surface area contributed by atoms with Crippen LogP contribution in [0.4, 0.5) is 0 Å². The Kier molecular flexibility index (Phi) is 2.73. The fraction of sp³-hybridized carbons (Fsp3) is 0.100. The summed E-state index contributed by atoms with van der Waals surface area (Å²) in [5.74, 6) is 0.345. The molecule has 0 atom stereocenters. The molecule has 0 unspecified atom stereocenters. The van der Waals surface area contributed by atoms with E-state index in [4.69, 9.17) is 16.3 Å². The summed E-state index contributed by atoms with van der Waals surface area (Å²) in [6, 6.07) is 6.47. The Morgan fingerprint density at radius 1 is 1.38 bits per heavy atom. The molecule has 0 spiro atoms. The van der Waals surface area contributed by atoms with Crippen molar-refractivity contribution in [3.63, 3.8) is 0 Å². The van der Waals surface area contributed by atoms with Crippen LogP contribution in [-0.4, -0.2) is 13.6 Å². The number of hydrogen-bond acceptors (Lipinski definition) is 4. The van der Waals surface area contributed by atoms with Crippen LogP contribution in [0.15, 0.2) is 40.4 Å². The Bertz CT molecular complexity index is 590. The van der Waals surface area contributed by atoms with Crippen LogP contribution >= 0.6 is 11.6 Å². The van der Waals surface area contributed by atoms with Crippen molar-refractivity contribution in [1.29, 1.82) is 0 Å². The summed E-state index contributed by atoms with van der Waals surface area (Å²) in [6.45, 7) is 1.59. The summed E-state index contributed by atoms with van der Waals surface area (Å²) in [4.78, 5) is 3.79. The van der Waals surface area contributed by atoms with Crippen LogP contribution < -0.4 is 4.74 Å². The predicted octanol–water partition coefficient (Wildman–Crippen LogP) is 2.36. The van der Waals surface area contributed by atoms with E-state index in [2.05, 4.69) is 4.99 Å². The zero-order chi connectivity index (χ0) is 11.8. The van der Waals surface area contributed by atoms with Gasteiger partial charge >= 0.3 is 5.23 Å². The molecule has 1 aliphatic heterocycles. The number of sulfone groups is 1. The minimum Gasteiger partial charge on any atom is -0.430 e. The van der Waals surface area contributed by atoms with E-state index in [1.165, 1.54) is 6.07 Å². The predicted molar refractivity (Wildman–Crippen MR) is 62.2 cm³/mol. The smallest absolute Gasteiger partial charge is 0.319 e. The van der Waals surface area contributed by atoms with Gasteiger partial charge in [-0.1, -0.05) is 17.7 Å². The number of nitrogens with zero attached hydrogens (tertiary/aromatic N) is 1. The Morgan fingerprint density at radius 3 is 2.69 bits per heavy atom. The maximum absolute atomic E-state index is 11.5. The highest BCUT2D eigenvalue weighted by atomic mass is 35.5. The lowest BCUT2D eigenvalue weighted by atomic mass is 10.3. The van der Waals surface area contributed by atoms with Crippen molar-refractivity contribution in [3.8, 4) is 5.75 Å². The molecular weight excluding hydrogens is 250 g/mol. The first-order chi connectivity index (χ1) is 7.47. The standard InChI is InChI=1S/C10H8ClNO3S/c1-7-6-16(13,14)10(12-7)15-9-4-2-3-8(11)5-9/h2-6H,1H3. The van der Waals surface area contributed by atoms with E-state index in [1.54, 1.807) is 25.1 Å². The molecule has 0 aromatic heterocycles. The number of hydrogen-bond donors (Lipinski definition) is 0. The number of halogens is 1. The van der Waals surface area contributed by atoms with E-state index in [-0.39, 0.29) is 5.23 Å². The van der Waals surface area contributed by atoms with Gasteiger partial charge in [-0.3, -0.25) is 0 Å². The van der Waals surface area contributed by atoms with E-state index in [9.17, 15) is 8.42 Å². The average molecular weight is 258 g/mol. The minimum absolute atomic E-state index is 0.313. The quantitative estimate of drug-likeness (QED) is 0.776. The molecule has 0 amide bonds. The Hall–Kier alpha value is -1.33. The molecule has 0 fully saturated rings. The normalized spacial score (nSPS) is 17.9. The fourth-order valence-corrected chi connectivity index (χ4v) is 2.49. The van der Waals surface area contributed by atoms with Crippen LogP contribution in [-0.2, 0) is 9.84 Å². The zero-order valence-electron chi connectivity index (χ0n) is 8.34. The van der Waals surface area contributed by atoms with E-state index < -0.39 is 9.84 Å². The van der Waals surface area contributed by atoms with Gasteiger partial charge < -0.3 is 4.74 Å². The fourth-order valence-electron chi connectivity index (χ4n) is 1.22. The van der Waals surface area contributed by atoms with Crippen molar-refractivity contribution < 1.29 is 13.2 Å². The van der Waals surface area contributed by atoms with Crippen molar-refractivity contribution in [2.24, 2.45) is 4.99 Å². The van der Waals surface area contributed by atoms with Crippen molar-refractivity contribution in [2.75, 3.05) is 0 Å². The van der Waals surface area contributed by atoms with E-state index in [1.807, 2.05) is 0 Å². The third-order valence-electron chi connectivity index (χ3n) is 1.84. The molecule has 0 saturated carbocycles. The van der Waals surface area contributed by atoms with Crippen LogP contribution in [0.2, 0.25) is 5.02 Å². The lowest BCUT2D eigenvalue weighted by Gasteiger charge is -2.04. The van der Waals surface area contributed by atoms with E-state index in [0.29, 0.717) is 16.5 Å². The van der Waals surface area contributed by atoms with Crippen molar-refractivity contribution in [1.82, 2.24) is 0 Å². The molecular formula is C10H8ClNO3S. The molecule has 4 nitrogen and oxygen atoms in total. The topological polar surface area (TPSA) is 55.7 Å². The summed E-state index contributed by atoms with van der Waals surface area (Å²) >= 11 is 5.75. The van der Waals surface area contributed by atoms with Crippen molar-refractivity contribution in [2.45, 2.75) is 6.92 Å². The van der Waals surface area contributed by atoms with Gasteiger partial charge in [0.1, 0.15) is 5.75 Å². The Labute approximate surface area is 98.1 Å². The molecule has 1 aliphatic rings. The first-order valence-electron chi connectivity index (χ1n) is 4.43. The Balaban J connectivity index is 2.28. The van der Waals surface area contributed by atoms with Crippen LogP contribution in [0.5, 0.6) is 5.75 Å². The minimum atomic E-state index is -3.52. The third kappa shape index (κ3) is 2.25. The van der Waals surface area contributed by atoms with Gasteiger partial charge in [0.15, 0.2) is 0 Å². The van der Waals surface area contributed by atoms with Crippen LogP contribution in [0.25, 0.3) is 0 Å². The molecule has 1 aromatic rings. The van der Waals surface area contributed by atoms with Gasteiger partial charge in [-0.2, -0.15) is 0 Å². The summed E-state index contributed by atoms with van der Waals surface area (Å²) in [6.07, 6.45) is 0. The molecule has 2 rings (SSSR count). The summed E-state index contributed by atoms with van der Waals surface area (Å²) in [5.41, 5.74) is 0.400.